The zero-order valence-electron chi connectivity index (χ0n) is 11.4. The third kappa shape index (κ3) is 3.69. The van der Waals surface area contributed by atoms with Crippen molar-refractivity contribution in [1.29, 1.82) is 0 Å². The minimum Gasteiger partial charge on any atom is -0.394 e. The van der Waals surface area contributed by atoms with Crippen LogP contribution in [-0.4, -0.2) is 47.6 Å². The highest BCUT2D eigenvalue weighted by molar-refractivity contribution is 5.80. The molecule has 5 nitrogen and oxygen atoms in total. The standard InChI is InChI=1S/C14H24N2O3/c17-10-12-6-3-9-16(12)13(18)7-8-15-14(19)11-4-1-2-5-11/h11-12,17H,1-10H2,(H,15,19)/t12-/m0/s1. The molecule has 2 N–H and O–H groups in total. The minimum absolute atomic E-state index is 0.0157. The van der Waals surface area contributed by atoms with E-state index < -0.39 is 0 Å². The summed E-state index contributed by atoms with van der Waals surface area (Å²) in [6.45, 7) is 1.20. The molecular formula is C14H24N2O3. The zero-order chi connectivity index (χ0) is 13.7. The van der Waals surface area contributed by atoms with E-state index >= 15 is 0 Å². The third-order valence-electron chi connectivity index (χ3n) is 4.27. The Morgan fingerprint density at radius 1 is 1.16 bits per heavy atom. The van der Waals surface area contributed by atoms with Crippen LogP contribution in [0.15, 0.2) is 0 Å². The van der Waals surface area contributed by atoms with Crippen molar-refractivity contribution in [2.45, 2.75) is 51.0 Å². The summed E-state index contributed by atoms with van der Waals surface area (Å²) in [4.78, 5) is 25.5. The first-order valence-electron chi connectivity index (χ1n) is 7.40. The number of carbonyl (C=O) groups is 2. The molecule has 2 fully saturated rings. The van der Waals surface area contributed by atoms with E-state index in [9.17, 15) is 14.7 Å². The first-order valence-corrected chi connectivity index (χ1v) is 7.40. The Labute approximate surface area is 114 Å². The number of hydrogen-bond donors (Lipinski definition) is 2. The smallest absolute Gasteiger partial charge is 0.224 e. The SMILES string of the molecule is O=C(NCCC(=O)N1CCC[C@H]1CO)C1CCCC1. The fourth-order valence-electron chi connectivity index (χ4n) is 3.12. The van der Waals surface area contributed by atoms with Crippen molar-refractivity contribution >= 4 is 11.8 Å². The quantitative estimate of drug-likeness (QED) is 0.770. The number of nitrogens with zero attached hydrogens (tertiary/aromatic N) is 1. The van der Waals surface area contributed by atoms with Crippen molar-refractivity contribution in [3.63, 3.8) is 0 Å². The summed E-state index contributed by atoms with van der Waals surface area (Å²) < 4.78 is 0. The Bertz CT molecular complexity index is 327. The molecule has 108 valence electrons. The molecule has 1 aliphatic carbocycles. The number of aliphatic hydroxyl groups is 1. The summed E-state index contributed by atoms with van der Waals surface area (Å²) >= 11 is 0. The van der Waals surface area contributed by atoms with Crippen molar-refractivity contribution in [2.75, 3.05) is 19.7 Å². The number of amides is 2. The maximum atomic E-state index is 12.0. The molecule has 0 aromatic rings. The molecule has 2 rings (SSSR count). The average molecular weight is 268 g/mol. The van der Waals surface area contributed by atoms with Gasteiger partial charge in [0.2, 0.25) is 11.8 Å². The first-order chi connectivity index (χ1) is 9.22. The lowest BCUT2D eigenvalue weighted by molar-refractivity contribution is -0.132. The van der Waals surface area contributed by atoms with E-state index in [4.69, 9.17) is 0 Å². The van der Waals surface area contributed by atoms with E-state index in [1.54, 1.807) is 4.90 Å². The second-order valence-corrected chi connectivity index (χ2v) is 5.59. The third-order valence-corrected chi connectivity index (χ3v) is 4.27. The van der Waals surface area contributed by atoms with Gasteiger partial charge >= 0.3 is 0 Å². The van der Waals surface area contributed by atoms with Crippen LogP contribution in [0.3, 0.4) is 0 Å². The normalized spacial score (nSPS) is 23.8. The molecule has 0 bridgehead atoms. The van der Waals surface area contributed by atoms with E-state index in [1.165, 1.54) is 0 Å². The van der Waals surface area contributed by atoms with Gasteiger partial charge in [-0.05, 0) is 25.7 Å². The van der Waals surface area contributed by atoms with Crippen molar-refractivity contribution in [2.24, 2.45) is 5.92 Å². The van der Waals surface area contributed by atoms with Crippen LogP contribution in [0.2, 0.25) is 0 Å². The summed E-state index contributed by atoms with van der Waals surface area (Å²) in [5, 5.41) is 12.0. The Morgan fingerprint density at radius 3 is 2.58 bits per heavy atom. The average Bonchev–Trinajstić information content (AvgIpc) is 3.09. The second-order valence-electron chi connectivity index (χ2n) is 5.59. The van der Waals surface area contributed by atoms with Gasteiger partial charge in [-0.2, -0.15) is 0 Å². The molecule has 1 saturated carbocycles. The van der Waals surface area contributed by atoms with Crippen LogP contribution in [0, 0.1) is 5.92 Å². The highest BCUT2D eigenvalue weighted by Crippen LogP contribution is 2.24. The van der Waals surface area contributed by atoms with Gasteiger partial charge in [0.1, 0.15) is 0 Å². The predicted octanol–water partition coefficient (Wildman–Crippen LogP) is 0.666. The van der Waals surface area contributed by atoms with Crippen LogP contribution in [-0.2, 0) is 9.59 Å². The molecule has 1 saturated heterocycles. The van der Waals surface area contributed by atoms with Crippen LogP contribution in [0.5, 0.6) is 0 Å². The Hall–Kier alpha value is -1.10. The number of nitrogens with one attached hydrogen (secondary N) is 1. The fourth-order valence-corrected chi connectivity index (χ4v) is 3.12. The Balaban J connectivity index is 1.67. The number of rotatable bonds is 5. The van der Waals surface area contributed by atoms with Crippen molar-refractivity contribution in [3.05, 3.63) is 0 Å². The number of likely N-dealkylation sites (tertiary alicyclic amines) is 1. The molecule has 1 aliphatic heterocycles. The number of carbonyl (C=O) groups excluding carboxylic acids is 2. The second kappa shape index (κ2) is 6.89. The zero-order valence-corrected chi connectivity index (χ0v) is 11.4. The fraction of sp³-hybridized carbons (Fsp3) is 0.857. The molecular weight excluding hydrogens is 244 g/mol. The van der Waals surface area contributed by atoms with Gasteiger partial charge in [0.15, 0.2) is 0 Å². The summed E-state index contributed by atoms with van der Waals surface area (Å²) in [5.41, 5.74) is 0. The van der Waals surface area contributed by atoms with Gasteiger partial charge in [0.25, 0.3) is 0 Å². The van der Waals surface area contributed by atoms with Gasteiger partial charge in [-0.25, -0.2) is 0 Å². The van der Waals surface area contributed by atoms with E-state index in [1.807, 2.05) is 0 Å². The Kier molecular flexibility index (Phi) is 5.19. The largest absolute Gasteiger partial charge is 0.394 e. The summed E-state index contributed by atoms with van der Waals surface area (Å²) in [7, 11) is 0. The van der Waals surface area contributed by atoms with Gasteiger partial charge in [-0.15, -0.1) is 0 Å². The maximum absolute atomic E-state index is 12.0. The molecule has 5 heteroatoms. The summed E-state index contributed by atoms with van der Waals surface area (Å²) in [5.74, 6) is 0.306. The molecule has 1 heterocycles. The van der Waals surface area contributed by atoms with Gasteiger partial charge in [-0.1, -0.05) is 12.8 Å². The minimum atomic E-state index is -0.0157. The summed E-state index contributed by atoms with van der Waals surface area (Å²) in [6, 6.07) is -0.0157. The lowest BCUT2D eigenvalue weighted by atomic mass is 10.1. The van der Waals surface area contributed by atoms with E-state index in [0.717, 1.165) is 45.1 Å². The van der Waals surface area contributed by atoms with Crippen molar-refractivity contribution in [1.82, 2.24) is 10.2 Å². The first kappa shape index (κ1) is 14.3. The van der Waals surface area contributed by atoms with Crippen LogP contribution in [0.4, 0.5) is 0 Å². The molecule has 0 unspecified atom stereocenters. The van der Waals surface area contributed by atoms with E-state index in [0.29, 0.717) is 13.0 Å². The maximum Gasteiger partial charge on any atom is 0.224 e. The number of hydrogen-bond acceptors (Lipinski definition) is 3. The predicted molar refractivity (Wildman–Crippen MR) is 71.4 cm³/mol. The highest BCUT2D eigenvalue weighted by atomic mass is 16.3. The van der Waals surface area contributed by atoms with E-state index in [2.05, 4.69) is 5.32 Å². The van der Waals surface area contributed by atoms with Gasteiger partial charge in [0, 0.05) is 25.4 Å². The van der Waals surface area contributed by atoms with Gasteiger partial charge < -0.3 is 15.3 Å². The van der Waals surface area contributed by atoms with Crippen molar-refractivity contribution in [3.8, 4) is 0 Å². The monoisotopic (exact) mass is 268 g/mol. The van der Waals surface area contributed by atoms with Crippen LogP contribution >= 0.6 is 0 Å². The topological polar surface area (TPSA) is 69.6 Å². The van der Waals surface area contributed by atoms with Crippen molar-refractivity contribution < 1.29 is 14.7 Å². The Morgan fingerprint density at radius 2 is 1.89 bits per heavy atom. The summed E-state index contributed by atoms with van der Waals surface area (Å²) in [6.07, 6.45) is 6.44. The molecule has 19 heavy (non-hydrogen) atoms. The number of aliphatic hydroxyl groups excluding tert-OH is 1. The lowest BCUT2D eigenvalue weighted by Crippen LogP contribution is -2.40. The lowest BCUT2D eigenvalue weighted by Gasteiger charge is -2.23. The molecule has 2 amide bonds. The van der Waals surface area contributed by atoms with Crippen LogP contribution in [0.25, 0.3) is 0 Å². The molecule has 1 atom stereocenters. The van der Waals surface area contributed by atoms with Gasteiger partial charge in [-0.3, -0.25) is 9.59 Å². The highest BCUT2D eigenvalue weighted by Gasteiger charge is 2.28. The van der Waals surface area contributed by atoms with Crippen LogP contribution < -0.4 is 5.32 Å². The molecule has 0 spiro atoms. The van der Waals surface area contributed by atoms with E-state index in [-0.39, 0.29) is 30.4 Å². The molecule has 0 radical (unpaired) electrons. The van der Waals surface area contributed by atoms with Gasteiger partial charge in [0.05, 0.1) is 12.6 Å². The molecule has 0 aromatic heterocycles. The molecule has 0 aromatic carbocycles. The molecule has 2 aliphatic rings. The van der Waals surface area contributed by atoms with Crippen LogP contribution in [0.1, 0.15) is 44.9 Å².